The van der Waals surface area contributed by atoms with Crippen LogP contribution in [0.5, 0.6) is 5.75 Å². The van der Waals surface area contributed by atoms with Crippen molar-refractivity contribution in [2.24, 2.45) is 0 Å². The van der Waals surface area contributed by atoms with Gasteiger partial charge < -0.3 is 14.5 Å². The standard InChI is InChI=1S/C25H23N3O3S/c1-4-30-19-7-5-6-17(13-19)23(29)28-25(32)27-20-14-18(10-9-16(20)3)24-26-21-12-15(2)8-11-22(21)31-24/h5-14H,4H2,1-3H3,(H2,27,28,29,32). The monoisotopic (exact) mass is 445 g/mol. The summed E-state index contributed by atoms with van der Waals surface area (Å²) in [6.07, 6.45) is 0. The molecule has 0 atom stereocenters. The maximum atomic E-state index is 12.6. The lowest BCUT2D eigenvalue weighted by atomic mass is 10.1. The van der Waals surface area contributed by atoms with Gasteiger partial charge in [0.05, 0.1) is 6.61 Å². The Kier molecular flexibility index (Phi) is 6.18. The average molecular weight is 446 g/mol. The molecule has 7 heteroatoms. The fourth-order valence-corrected chi connectivity index (χ4v) is 3.48. The Morgan fingerprint density at radius 2 is 1.94 bits per heavy atom. The van der Waals surface area contributed by atoms with Gasteiger partial charge in [0.15, 0.2) is 10.7 Å². The number of rotatable bonds is 5. The molecule has 1 amide bonds. The number of ether oxygens (including phenoxy) is 1. The molecule has 0 aliphatic rings. The van der Waals surface area contributed by atoms with Gasteiger partial charge in [0.25, 0.3) is 5.91 Å². The highest BCUT2D eigenvalue weighted by atomic mass is 32.1. The van der Waals surface area contributed by atoms with Gasteiger partial charge in [-0.1, -0.05) is 18.2 Å². The molecule has 3 aromatic carbocycles. The lowest BCUT2D eigenvalue weighted by molar-refractivity contribution is 0.0977. The highest BCUT2D eigenvalue weighted by Crippen LogP contribution is 2.28. The number of hydrogen-bond acceptors (Lipinski definition) is 5. The summed E-state index contributed by atoms with van der Waals surface area (Å²) in [6, 6.07) is 18.7. The summed E-state index contributed by atoms with van der Waals surface area (Å²) in [7, 11) is 0. The third-order valence-electron chi connectivity index (χ3n) is 4.91. The summed E-state index contributed by atoms with van der Waals surface area (Å²) in [5.74, 6) is 0.847. The number of oxazole rings is 1. The first-order chi connectivity index (χ1) is 15.4. The molecule has 1 heterocycles. The zero-order valence-corrected chi connectivity index (χ0v) is 18.9. The molecule has 0 aliphatic carbocycles. The fraction of sp³-hybridized carbons (Fsp3) is 0.160. The van der Waals surface area contributed by atoms with Crippen LogP contribution < -0.4 is 15.4 Å². The van der Waals surface area contributed by atoms with Crippen molar-refractivity contribution >= 4 is 40.0 Å². The molecule has 1 aromatic heterocycles. The van der Waals surface area contributed by atoms with Gasteiger partial charge in [-0.3, -0.25) is 10.1 Å². The highest BCUT2D eigenvalue weighted by molar-refractivity contribution is 7.80. The van der Waals surface area contributed by atoms with E-state index in [1.807, 2.05) is 57.2 Å². The van der Waals surface area contributed by atoms with Crippen molar-refractivity contribution in [1.29, 1.82) is 0 Å². The van der Waals surface area contributed by atoms with Crippen LogP contribution in [-0.2, 0) is 0 Å². The molecule has 4 aromatic rings. The molecule has 162 valence electrons. The van der Waals surface area contributed by atoms with E-state index in [9.17, 15) is 4.79 Å². The van der Waals surface area contributed by atoms with Crippen LogP contribution in [0.1, 0.15) is 28.4 Å². The summed E-state index contributed by atoms with van der Waals surface area (Å²) < 4.78 is 11.4. The number of hydrogen-bond donors (Lipinski definition) is 2. The molecule has 0 saturated carbocycles. The third kappa shape index (κ3) is 4.78. The minimum atomic E-state index is -0.313. The van der Waals surface area contributed by atoms with Crippen molar-refractivity contribution in [3.63, 3.8) is 0 Å². The first-order valence-corrected chi connectivity index (χ1v) is 10.7. The van der Waals surface area contributed by atoms with Gasteiger partial charge in [-0.2, -0.15) is 0 Å². The van der Waals surface area contributed by atoms with Crippen molar-refractivity contribution in [2.75, 3.05) is 11.9 Å². The van der Waals surface area contributed by atoms with E-state index in [4.69, 9.17) is 21.4 Å². The number of aryl methyl sites for hydroxylation is 2. The average Bonchev–Trinajstić information content (AvgIpc) is 3.19. The van der Waals surface area contributed by atoms with Crippen LogP contribution in [0.25, 0.3) is 22.6 Å². The Balaban J connectivity index is 1.50. The molecule has 0 fully saturated rings. The molecule has 4 rings (SSSR count). The Bertz CT molecular complexity index is 1310. The molecule has 0 bridgehead atoms. The van der Waals surface area contributed by atoms with Crippen molar-refractivity contribution in [2.45, 2.75) is 20.8 Å². The van der Waals surface area contributed by atoms with Crippen molar-refractivity contribution in [3.8, 4) is 17.2 Å². The van der Waals surface area contributed by atoms with Gasteiger partial charge in [0, 0.05) is 16.8 Å². The number of anilines is 1. The second-order valence-corrected chi connectivity index (χ2v) is 7.80. The Morgan fingerprint density at radius 1 is 1.09 bits per heavy atom. The molecule has 0 saturated heterocycles. The molecular formula is C25H23N3O3S. The topological polar surface area (TPSA) is 76.4 Å². The van der Waals surface area contributed by atoms with Crippen LogP contribution >= 0.6 is 12.2 Å². The first kappa shape index (κ1) is 21.5. The largest absolute Gasteiger partial charge is 0.494 e. The Morgan fingerprint density at radius 3 is 2.75 bits per heavy atom. The highest BCUT2D eigenvalue weighted by Gasteiger charge is 2.13. The smallest absolute Gasteiger partial charge is 0.257 e. The quantitative estimate of drug-likeness (QED) is 0.387. The van der Waals surface area contributed by atoms with Crippen LogP contribution in [0.4, 0.5) is 5.69 Å². The molecule has 0 aliphatic heterocycles. The number of amides is 1. The van der Waals surface area contributed by atoms with Crippen molar-refractivity contribution in [1.82, 2.24) is 10.3 Å². The number of fused-ring (bicyclic) bond motifs is 1. The van der Waals surface area contributed by atoms with Crippen LogP contribution in [0.2, 0.25) is 0 Å². The zero-order chi connectivity index (χ0) is 22.7. The number of aromatic nitrogens is 1. The summed E-state index contributed by atoms with van der Waals surface area (Å²) in [4.78, 5) is 17.2. The number of thiocarbonyl (C=S) groups is 1. The third-order valence-corrected chi connectivity index (χ3v) is 5.11. The van der Waals surface area contributed by atoms with Crippen LogP contribution in [0, 0.1) is 13.8 Å². The lowest BCUT2D eigenvalue weighted by Gasteiger charge is -2.13. The number of carbonyl (C=O) groups excluding carboxylic acids is 1. The number of nitrogens with zero attached hydrogens (tertiary/aromatic N) is 1. The van der Waals surface area contributed by atoms with Gasteiger partial charge in [-0.25, -0.2) is 4.98 Å². The van der Waals surface area contributed by atoms with E-state index in [1.165, 1.54) is 0 Å². The van der Waals surface area contributed by atoms with E-state index in [-0.39, 0.29) is 11.0 Å². The van der Waals surface area contributed by atoms with E-state index in [2.05, 4.69) is 15.6 Å². The van der Waals surface area contributed by atoms with Gasteiger partial charge in [0.2, 0.25) is 5.89 Å². The van der Waals surface area contributed by atoms with Gasteiger partial charge in [-0.05, 0) is 86.6 Å². The molecule has 0 unspecified atom stereocenters. The predicted octanol–water partition coefficient (Wildman–Crippen LogP) is 5.64. The molecule has 32 heavy (non-hydrogen) atoms. The second-order valence-electron chi connectivity index (χ2n) is 7.39. The van der Waals surface area contributed by atoms with E-state index in [0.717, 1.165) is 33.5 Å². The molecule has 2 N–H and O–H groups in total. The number of carbonyl (C=O) groups is 1. The molecular weight excluding hydrogens is 422 g/mol. The number of benzene rings is 3. The van der Waals surface area contributed by atoms with Crippen LogP contribution in [0.3, 0.4) is 0 Å². The second kappa shape index (κ2) is 9.20. The predicted molar refractivity (Wildman–Crippen MR) is 130 cm³/mol. The summed E-state index contributed by atoms with van der Waals surface area (Å²) in [5.41, 5.74) is 5.67. The van der Waals surface area contributed by atoms with Gasteiger partial charge >= 0.3 is 0 Å². The summed E-state index contributed by atoms with van der Waals surface area (Å²) >= 11 is 5.37. The Hall–Kier alpha value is -3.71. The minimum absolute atomic E-state index is 0.199. The number of nitrogens with one attached hydrogen (secondary N) is 2. The summed E-state index contributed by atoms with van der Waals surface area (Å²) in [6.45, 7) is 6.39. The fourth-order valence-electron chi connectivity index (χ4n) is 3.27. The zero-order valence-electron chi connectivity index (χ0n) is 18.1. The summed E-state index contributed by atoms with van der Waals surface area (Å²) in [5, 5.41) is 6.02. The van der Waals surface area contributed by atoms with E-state index >= 15 is 0 Å². The van der Waals surface area contributed by atoms with Crippen molar-refractivity contribution in [3.05, 3.63) is 77.4 Å². The normalized spacial score (nSPS) is 10.7. The Labute approximate surface area is 191 Å². The van der Waals surface area contributed by atoms with Crippen LogP contribution in [-0.4, -0.2) is 22.6 Å². The molecule has 0 radical (unpaired) electrons. The van der Waals surface area contributed by atoms with Gasteiger partial charge in [-0.15, -0.1) is 0 Å². The molecule has 0 spiro atoms. The van der Waals surface area contributed by atoms with Crippen molar-refractivity contribution < 1.29 is 13.9 Å². The lowest BCUT2D eigenvalue weighted by Crippen LogP contribution is -2.34. The van der Waals surface area contributed by atoms with E-state index in [0.29, 0.717) is 23.8 Å². The maximum absolute atomic E-state index is 12.6. The SMILES string of the molecule is CCOc1cccc(C(=O)NC(=S)Nc2cc(-c3nc4cc(C)ccc4o3)ccc2C)c1. The maximum Gasteiger partial charge on any atom is 0.257 e. The van der Waals surface area contributed by atoms with E-state index in [1.54, 1.807) is 24.3 Å². The molecule has 6 nitrogen and oxygen atoms in total. The first-order valence-electron chi connectivity index (χ1n) is 10.3. The van der Waals surface area contributed by atoms with Crippen LogP contribution in [0.15, 0.2) is 65.1 Å². The minimum Gasteiger partial charge on any atom is -0.494 e. The van der Waals surface area contributed by atoms with E-state index < -0.39 is 0 Å². The van der Waals surface area contributed by atoms with Gasteiger partial charge in [0.1, 0.15) is 11.3 Å².